The summed E-state index contributed by atoms with van der Waals surface area (Å²) in [6, 6.07) is 11.4. The van der Waals surface area contributed by atoms with Gasteiger partial charge >= 0.3 is 0 Å². The number of likely N-dealkylation sites (N-methyl/N-ethyl adjacent to an activating group) is 1. The molecule has 0 amide bonds. The van der Waals surface area contributed by atoms with E-state index in [1.807, 2.05) is 12.3 Å². The molecular formula is C24H32N6. The first kappa shape index (κ1) is 19.5. The molecule has 5 heterocycles. The molecule has 0 spiro atoms. The van der Waals surface area contributed by atoms with E-state index in [1.165, 1.54) is 29.2 Å². The van der Waals surface area contributed by atoms with E-state index in [1.54, 1.807) is 0 Å². The maximum Gasteiger partial charge on any atom is 0.138 e. The Labute approximate surface area is 179 Å². The van der Waals surface area contributed by atoms with E-state index in [4.69, 9.17) is 9.97 Å². The van der Waals surface area contributed by atoms with Crippen molar-refractivity contribution >= 4 is 11.5 Å². The van der Waals surface area contributed by atoms with Crippen molar-refractivity contribution in [1.82, 2.24) is 24.2 Å². The molecule has 0 saturated carbocycles. The SMILES string of the molecule is Cc1cccnc1[C@@H]1CCC[C@H](c2cn3c(N4CCN(C)CC4)cccc3n2)N1C. The number of aromatic nitrogens is 3. The van der Waals surface area contributed by atoms with Crippen LogP contribution in [-0.2, 0) is 0 Å². The summed E-state index contributed by atoms with van der Waals surface area (Å²) in [6.45, 7) is 6.51. The van der Waals surface area contributed by atoms with Crippen LogP contribution in [0, 0.1) is 6.92 Å². The van der Waals surface area contributed by atoms with Crippen LogP contribution in [0.5, 0.6) is 0 Å². The number of hydrogen-bond acceptors (Lipinski definition) is 5. The number of fused-ring (bicyclic) bond motifs is 1. The van der Waals surface area contributed by atoms with Gasteiger partial charge in [-0.2, -0.15) is 0 Å². The van der Waals surface area contributed by atoms with Gasteiger partial charge in [0.05, 0.1) is 23.5 Å². The van der Waals surface area contributed by atoms with Crippen LogP contribution < -0.4 is 4.90 Å². The van der Waals surface area contributed by atoms with Crippen molar-refractivity contribution in [2.75, 3.05) is 45.2 Å². The molecule has 0 radical (unpaired) electrons. The van der Waals surface area contributed by atoms with Crippen molar-refractivity contribution in [3.8, 4) is 0 Å². The van der Waals surface area contributed by atoms with Crippen molar-refractivity contribution in [3.05, 3.63) is 59.7 Å². The molecule has 0 aliphatic carbocycles. The quantitative estimate of drug-likeness (QED) is 0.666. The molecule has 2 fully saturated rings. The zero-order valence-corrected chi connectivity index (χ0v) is 18.3. The first-order valence-electron chi connectivity index (χ1n) is 11.2. The maximum absolute atomic E-state index is 5.07. The molecule has 0 unspecified atom stereocenters. The van der Waals surface area contributed by atoms with Gasteiger partial charge in [0.15, 0.2) is 0 Å². The first-order chi connectivity index (χ1) is 14.6. The normalized spacial score (nSPS) is 23.9. The van der Waals surface area contributed by atoms with Gasteiger partial charge in [0.25, 0.3) is 0 Å². The lowest BCUT2D eigenvalue weighted by Gasteiger charge is -2.39. The van der Waals surface area contributed by atoms with E-state index in [0.29, 0.717) is 12.1 Å². The van der Waals surface area contributed by atoms with Gasteiger partial charge < -0.3 is 9.80 Å². The predicted octanol–water partition coefficient (Wildman–Crippen LogP) is 3.69. The number of imidazole rings is 1. The number of anilines is 1. The van der Waals surface area contributed by atoms with Gasteiger partial charge in [0, 0.05) is 38.6 Å². The number of nitrogens with zero attached hydrogens (tertiary/aromatic N) is 6. The highest BCUT2D eigenvalue weighted by molar-refractivity contribution is 5.53. The Balaban J connectivity index is 1.46. The Morgan fingerprint density at radius 1 is 0.933 bits per heavy atom. The highest BCUT2D eigenvalue weighted by Gasteiger charge is 2.32. The van der Waals surface area contributed by atoms with Crippen LogP contribution >= 0.6 is 0 Å². The minimum absolute atomic E-state index is 0.324. The summed E-state index contributed by atoms with van der Waals surface area (Å²) < 4.78 is 2.30. The number of piperazine rings is 1. The molecule has 30 heavy (non-hydrogen) atoms. The van der Waals surface area contributed by atoms with Gasteiger partial charge in [-0.3, -0.25) is 14.3 Å². The first-order valence-corrected chi connectivity index (χ1v) is 11.2. The summed E-state index contributed by atoms with van der Waals surface area (Å²) in [5.41, 5.74) is 4.72. The number of hydrogen-bond donors (Lipinski definition) is 0. The van der Waals surface area contributed by atoms with E-state index >= 15 is 0 Å². The van der Waals surface area contributed by atoms with Gasteiger partial charge in [-0.1, -0.05) is 12.1 Å². The summed E-state index contributed by atoms with van der Waals surface area (Å²) in [7, 11) is 4.44. The fourth-order valence-electron chi connectivity index (χ4n) is 5.13. The summed E-state index contributed by atoms with van der Waals surface area (Å²) in [5, 5.41) is 0. The highest BCUT2D eigenvalue weighted by atomic mass is 15.3. The van der Waals surface area contributed by atoms with Crippen molar-refractivity contribution in [3.63, 3.8) is 0 Å². The third-order valence-electron chi connectivity index (χ3n) is 6.96. The summed E-state index contributed by atoms with van der Waals surface area (Å²) >= 11 is 0. The number of pyridine rings is 2. The Morgan fingerprint density at radius 2 is 1.73 bits per heavy atom. The van der Waals surface area contributed by atoms with Crippen LogP contribution in [0.1, 0.15) is 48.3 Å². The van der Waals surface area contributed by atoms with Crippen molar-refractivity contribution < 1.29 is 0 Å². The Hall–Kier alpha value is -2.44. The molecule has 2 aliphatic heterocycles. The summed E-state index contributed by atoms with van der Waals surface area (Å²) in [6.07, 6.45) is 7.71. The molecule has 2 saturated heterocycles. The van der Waals surface area contributed by atoms with Crippen LogP contribution in [0.4, 0.5) is 5.82 Å². The Kier molecular flexibility index (Phi) is 5.21. The minimum atomic E-state index is 0.324. The standard InChI is InChI=1S/C24H32N6/c1-18-7-6-12-25-24(18)21-9-4-8-20(28(21)3)19-17-30-22(26-19)10-5-11-23(30)29-15-13-27(2)14-16-29/h5-7,10-12,17,20-21H,4,8-9,13-16H2,1-3H3/t20-,21+/m1/s1. The van der Waals surface area contributed by atoms with Gasteiger partial charge in [-0.05, 0) is 64.0 Å². The number of piperidine rings is 1. The van der Waals surface area contributed by atoms with Crippen LogP contribution in [0.3, 0.4) is 0 Å². The number of likely N-dealkylation sites (tertiary alicyclic amines) is 1. The van der Waals surface area contributed by atoms with Crippen molar-refractivity contribution in [2.45, 2.75) is 38.3 Å². The van der Waals surface area contributed by atoms with E-state index < -0.39 is 0 Å². The smallest absolute Gasteiger partial charge is 0.138 e. The third-order valence-corrected chi connectivity index (χ3v) is 6.96. The lowest BCUT2D eigenvalue weighted by molar-refractivity contribution is 0.109. The molecule has 0 N–H and O–H groups in total. The van der Waals surface area contributed by atoms with Crippen LogP contribution in [-0.4, -0.2) is 64.4 Å². The fourth-order valence-corrected chi connectivity index (χ4v) is 5.13. The molecule has 158 valence electrons. The molecule has 3 aromatic rings. The average molecular weight is 405 g/mol. The molecule has 6 heteroatoms. The van der Waals surface area contributed by atoms with Crippen LogP contribution in [0.2, 0.25) is 0 Å². The lowest BCUT2D eigenvalue weighted by Crippen LogP contribution is -2.45. The number of aryl methyl sites for hydroxylation is 1. The number of rotatable bonds is 3. The maximum atomic E-state index is 5.07. The van der Waals surface area contributed by atoms with E-state index in [2.05, 4.69) is 70.6 Å². The second-order valence-corrected chi connectivity index (χ2v) is 8.90. The van der Waals surface area contributed by atoms with E-state index in [9.17, 15) is 0 Å². The van der Waals surface area contributed by atoms with Gasteiger partial charge in [-0.15, -0.1) is 0 Å². The molecule has 2 atom stereocenters. The predicted molar refractivity (Wildman–Crippen MR) is 121 cm³/mol. The van der Waals surface area contributed by atoms with Crippen molar-refractivity contribution in [2.24, 2.45) is 0 Å². The average Bonchev–Trinajstić information content (AvgIpc) is 3.19. The van der Waals surface area contributed by atoms with Crippen LogP contribution in [0.15, 0.2) is 42.7 Å². The summed E-state index contributed by atoms with van der Waals surface area (Å²) in [4.78, 5) is 17.2. The van der Waals surface area contributed by atoms with Gasteiger partial charge in [0.1, 0.15) is 11.5 Å². The second-order valence-electron chi connectivity index (χ2n) is 8.90. The molecule has 5 rings (SSSR count). The Bertz CT molecular complexity index is 1020. The van der Waals surface area contributed by atoms with Gasteiger partial charge in [0.2, 0.25) is 0 Å². The monoisotopic (exact) mass is 404 g/mol. The fraction of sp³-hybridized carbons (Fsp3) is 0.500. The summed E-state index contributed by atoms with van der Waals surface area (Å²) in [5.74, 6) is 1.26. The lowest BCUT2D eigenvalue weighted by atomic mass is 9.91. The third kappa shape index (κ3) is 3.48. The minimum Gasteiger partial charge on any atom is -0.355 e. The second kappa shape index (κ2) is 8.00. The largest absolute Gasteiger partial charge is 0.355 e. The molecule has 6 nitrogen and oxygen atoms in total. The van der Waals surface area contributed by atoms with Crippen LogP contribution in [0.25, 0.3) is 5.65 Å². The Morgan fingerprint density at radius 3 is 2.53 bits per heavy atom. The molecular weight excluding hydrogens is 372 g/mol. The molecule has 0 bridgehead atoms. The van der Waals surface area contributed by atoms with Gasteiger partial charge in [-0.25, -0.2) is 4.98 Å². The topological polar surface area (TPSA) is 39.9 Å². The van der Waals surface area contributed by atoms with Crippen molar-refractivity contribution in [1.29, 1.82) is 0 Å². The molecule has 2 aliphatic rings. The van der Waals surface area contributed by atoms with E-state index in [-0.39, 0.29) is 0 Å². The zero-order chi connectivity index (χ0) is 20.7. The molecule has 3 aromatic heterocycles. The zero-order valence-electron chi connectivity index (χ0n) is 18.3. The van der Waals surface area contributed by atoms with E-state index in [0.717, 1.165) is 44.7 Å². The molecule has 0 aromatic carbocycles. The highest BCUT2D eigenvalue weighted by Crippen LogP contribution is 2.40.